The van der Waals surface area contributed by atoms with Gasteiger partial charge < -0.3 is 4.74 Å². The van der Waals surface area contributed by atoms with Crippen LogP contribution in [-0.2, 0) is 0 Å². The van der Waals surface area contributed by atoms with Crippen LogP contribution in [-0.4, -0.2) is 22.6 Å². The van der Waals surface area contributed by atoms with Crippen molar-refractivity contribution in [3.8, 4) is 11.8 Å². The molecule has 0 spiro atoms. The number of benzene rings is 1. The molecule has 0 bridgehead atoms. The summed E-state index contributed by atoms with van der Waals surface area (Å²) in [4.78, 5) is 11.5. The molecule has 1 heterocycles. The van der Waals surface area contributed by atoms with Crippen LogP contribution in [0.1, 0.15) is 29.9 Å². The minimum atomic E-state index is -0.187. The summed E-state index contributed by atoms with van der Waals surface area (Å²) in [7, 11) is 0. The molecule has 2 rings (SSSR count). The molecule has 0 aliphatic heterocycles. The second-order valence-corrected chi connectivity index (χ2v) is 4.04. The first-order chi connectivity index (χ1) is 8.60. The van der Waals surface area contributed by atoms with Crippen molar-refractivity contribution in [2.75, 3.05) is 6.61 Å². The molecule has 0 radical (unpaired) electrons. The van der Waals surface area contributed by atoms with E-state index >= 15 is 0 Å². The number of aromatic nitrogens is 2. The van der Waals surface area contributed by atoms with Crippen molar-refractivity contribution >= 4 is 28.3 Å². The predicted octanol–water partition coefficient (Wildman–Crippen LogP) is 2.69. The van der Waals surface area contributed by atoms with Crippen molar-refractivity contribution in [2.24, 2.45) is 0 Å². The van der Waals surface area contributed by atoms with Gasteiger partial charge in [-0.05, 0) is 19.9 Å². The SMILES string of the molecule is CCOc1cc(C(C)=O)c(Cl)c2c(C#N)n[nH]c12. The average molecular weight is 264 g/mol. The second-order valence-electron chi connectivity index (χ2n) is 3.66. The summed E-state index contributed by atoms with van der Waals surface area (Å²) < 4.78 is 5.43. The highest BCUT2D eigenvalue weighted by Crippen LogP contribution is 2.35. The second kappa shape index (κ2) is 4.67. The van der Waals surface area contributed by atoms with Crippen LogP contribution in [0.4, 0.5) is 0 Å². The number of nitriles is 1. The van der Waals surface area contributed by atoms with Crippen molar-refractivity contribution < 1.29 is 9.53 Å². The highest BCUT2D eigenvalue weighted by Gasteiger charge is 2.19. The molecule has 5 nitrogen and oxygen atoms in total. The van der Waals surface area contributed by atoms with E-state index in [-0.39, 0.29) is 16.5 Å². The molecular weight excluding hydrogens is 254 g/mol. The molecule has 0 aliphatic rings. The first-order valence-corrected chi connectivity index (χ1v) is 5.72. The van der Waals surface area contributed by atoms with E-state index in [4.69, 9.17) is 21.6 Å². The number of hydrogen-bond acceptors (Lipinski definition) is 4. The topological polar surface area (TPSA) is 78.8 Å². The van der Waals surface area contributed by atoms with Crippen LogP contribution in [0.15, 0.2) is 6.07 Å². The van der Waals surface area contributed by atoms with Gasteiger partial charge in [-0.25, -0.2) is 0 Å². The fourth-order valence-corrected chi connectivity index (χ4v) is 2.11. The molecule has 0 atom stereocenters. The average Bonchev–Trinajstić information content (AvgIpc) is 2.76. The van der Waals surface area contributed by atoms with Crippen LogP contribution in [0.2, 0.25) is 5.02 Å². The summed E-state index contributed by atoms with van der Waals surface area (Å²) >= 11 is 6.15. The number of fused-ring (bicyclic) bond motifs is 1. The Labute approximate surface area is 108 Å². The summed E-state index contributed by atoms with van der Waals surface area (Å²) in [6, 6.07) is 3.50. The first-order valence-electron chi connectivity index (χ1n) is 5.34. The minimum absolute atomic E-state index is 0.152. The lowest BCUT2D eigenvalue weighted by atomic mass is 10.1. The van der Waals surface area contributed by atoms with E-state index in [2.05, 4.69) is 10.2 Å². The predicted molar refractivity (Wildman–Crippen MR) is 67.0 cm³/mol. The Morgan fingerprint density at radius 2 is 2.39 bits per heavy atom. The van der Waals surface area contributed by atoms with Crippen molar-refractivity contribution in [1.29, 1.82) is 5.26 Å². The fraction of sp³-hybridized carbons (Fsp3) is 0.250. The third-order valence-corrected chi connectivity index (χ3v) is 2.92. The van der Waals surface area contributed by atoms with Gasteiger partial charge in [0.2, 0.25) is 0 Å². The molecule has 0 saturated heterocycles. The van der Waals surface area contributed by atoms with Gasteiger partial charge in [0.15, 0.2) is 11.5 Å². The zero-order chi connectivity index (χ0) is 13.3. The van der Waals surface area contributed by atoms with E-state index in [1.54, 1.807) is 6.07 Å². The lowest BCUT2D eigenvalue weighted by Crippen LogP contribution is -1.99. The number of nitrogens with one attached hydrogen (secondary N) is 1. The minimum Gasteiger partial charge on any atom is -0.492 e. The van der Waals surface area contributed by atoms with Gasteiger partial charge in [-0.3, -0.25) is 9.89 Å². The lowest BCUT2D eigenvalue weighted by molar-refractivity contribution is 0.101. The standard InChI is InChI=1S/C12H10ClN3O2/c1-3-18-9-4-7(6(2)17)11(13)10-8(5-14)15-16-12(9)10/h4H,3H2,1-2H3,(H,15,16). The third-order valence-electron chi connectivity index (χ3n) is 2.53. The van der Waals surface area contributed by atoms with Crippen LogP contribution in [0.25, 0.3) is 10.9 Å². The monoisotopic (exact) mass is 263 g/mol. The number of ether oxygens (including phenoxy) is 1. The number of nitrogens with zero attached hydrogens (tertiary/aromatic N) is 2. The number of rotatable bonds is 3. The normalized spacial score (nSPS) is 10.3. The largest absolute Gasteiger partial charge is 0.492 e. The highest BCUT2D eigenvalue weighted by atomic mass is 35.5. The maximum Gasteiger partial charge on any atom is 0.171 e. The number of carbonyl (C=O) groups is 1. The molecule has 0 saturated carbocycles. The van der Waals surface area contributed by atoms with Gasteiger partial charge in [-0.1, -0.05) is 11.6 Å². The molecule has 0 amide bonds. The molecule has 18 heavy (non-hydrogen) atoms. The zero-order valence-electron chi connectivity index (χ0n) is 9.87. The summed E-state index contributed by atoms with van der Waals surface area (Å²) in [5.41, 5.74) is 1.01. The Kier molecular flexibility index (Phi) is 3.21. The summed E-state index contributed by atoms with van der Waals surface area (Å²) in [5, 5.41) is 16.2. The number of carbonyl (C=O) groups excluding carboxylic acids is 1. The van der Waals surface area contributed by atoms with E-state index in [0.717, 1.165) is 0 Å². The Balaban J connectivity index is 2.86. The molecule has 1 aromatic carbocycles. The Morgan fingerprint density at radius 1 is 1.67 bits per heavy atom. The molecule has 1 aromatic heterocycles. The number of Topliss-reactive ketones (excluding diaryl/α,β-unsaturated/α-hetero) is 1. The molecule has 1 N–H and O–H groups in total. The van der Waals surface area contributed by atoms with Gasteiger partial charge in [0.05, 0.1) is 17.0 Å². The number of hydrogen-bond donors (Lipinski definition) is 1. The third kappa shape index (κ3) is 1.81. The lowest BCUT2D eigenvalue weighted by Gasteiger charge is -2.08. The summed E-state index contributed by atoms with van der Waals surface area (Å²) in [6.07, 6.45) is 0. The summed E-state index contributed by atoms with van der Waals surface area (Å²) in [6.45, 7) is 3.68. The first kappa shape index (κ1) is 12.4. The van der Waals surface area contributed by atoms with E-state index in [1.807, 2.05) is 13.0 Å². The molecule has 0 aliphatic carbocycles. The number of ketones is 1. The van der Waals surface area contributed by atoms with E-state index < -0.39 is 0 Å². The Hall–Kier alpha value is -2.06. The number of aromatic amines is 1. The van der Waals surface area contributed by atoms with Crippen LogP contribution in [0.3, 0.4) is 0 Å². The van der Waals surface area contributed by atoms with Gasteiger partial charge in [0, 0.05) is 5.56 Å². The van der Waals surface area contributed by atoms with E-state index in [9.17, 15) is 4.79 Å². The van der Waals surface area contributed by atoms with Gasteiger partial charge in [0.1, 0.15) is 17.3 Å². The Morgan fingerprint density at radius 3 is 2.94 bits per heavy atom. The molecule has 6 heteroatoms. The smallest absolute Gasteiger partial charge is 0.171 e. The van der Waals surface area contributed by atoms with Crippen LogP contribution < -0.4 is 4.74 Å². The van der Waals surface area contributed by atoms with Gasteiger partial charge in [0.25, 0.3) is 0 Å². The van der Waals surface area contributed by atoms with Crippen LogP contribution in [0.5, 0.6) is 5.75 Å². The van der Waals surface area contributed by atoms with Crippen LogP contribution >= 0.6 is 11.6 Å². The fourth-order valence-electron chi connectivity index (χ4n) is 1.74. The van der Waals surface area contributed by atoms with Gasteiger partial charge in [-0.15, -0.1) is 0 Å². The van der Waals surface area contributed by atoms with Crippen molar-refractivity contribution in [3.63, 3.8) is 0 Å². The summed E-state index contributed by atoms with van der Waals surface area (Å²) in [5.74, 6) is 0.282. The van der Waals surface area contributed by atoms with Crippen molar-refractivity contribution in [1.82, 2.24) is 10.2 Å². The van der Waals surface area contributed by atoms with Crippen molar-refractivity contribution in [3.05, 3.63) is 22.3 Å². The molecule has 2 aromatic rings. The molecule has 92 valence electrons. The Bertz CT molecular complexity index is 670. The quantitative estimate of drug-likeness (QED) is 0.864. The number of halogens is 1. The van der Waals surface area contributed by atoms with E-state index in [0.29, 0.717) is 28.8 Å². The highest BCUT2D eigenvalue weighted by molar-refractivity contribution is 6.39. The number of H-pyrrole nitrogens is 1. The maximum atomic E-state index is 11.5. The zero-order valence-corrected chi connectivity index (χ0v) is 10.6. The molecular formula is C12H10ClN3O2. The van der Waals surface area contributed by atoms with Gasteiger partial charge in [-0.2, -0.15) is 10.4 Å². The van der Waals surface area contributed by atoms with Crippen LogP contribution in [0, 0.1) is 11.3 Å². The molecule has 0 fully saturated rings. The molecule has 0 unspecified atom stereocenters. The van der Waals surface area contributed by atoms with Gasteiger partial charge >= 0.3 is 0 Å². The van der Waals surface area contributed by atoms with E-state index in [1.165, 1.54) is 6.92 Å². The maximum absolute atomic E-state index is 11.5. The van der Waals surface area contributed by atoms with Crippen molar-refractivity contribution in [2.45, 2.75) is 13.8 Å².